The van der Waals surface area contributed by atoms with Gasteiger partial charge in [0.25, 0.3) is 0 Å². The van der Waals surface area contributed by atoms with Gasteiger partial charge in [-0.3, -0.25) is 0 Å². The molecular formula is C18H21NO2. The van der Waals surface area contributed by atoms with E-state index in [9.17, 15) is 0 Å². The number of hydrogen-bond donors (Lipinski definition) is 1. The van der Waals surface area contributed by atoms with Gasteiger partial charge in [-0.25, -0.2) is 0 Å². The van der Waals surface area contributed by atoms with E-state index in [0.29, 0.717) is 18.2 Å². The van der Waals surface area contributed by atoms with Crippen molar-refractivity contribution in [2.45, 2.75) is 25.2 Å². The molecule has 3 rings (SSSR count). The fourth-order valence-electron chi connectivity index (χ4n) is 3.00. The largest absolute Gasteiger partial charge is 0.497 e. The monoisotopic (exact) mass is 283 g/mol. The lowest BCUT2D eigenvalue weighted by atomic mass is 9.83. The predicted molar refractivity (Wildman–Crippen MR) is 85.0 cm³/mol. The molecule has 1 aliphatic rings. The van der Waals surface area contributed by atoms with Gasteiger partial charge in [-0.1, -0.05) is 24.3 Å². The first-order valence-corrected chi connectivity index (χ1v) is 7.42. The van der Waals surface area contributed by atoms with Crippen molar-refractivity contribution in [3.8, 4) is 11.5 Å². The van der Waals surface area contributed by atoms with Gasteiger partial charge in [-0.05, 0) is 42.5 Å². The van der Waals surface area contributed by atoms with Crippen molar-refractivity contribution in [3.63, 3.8) is 0 Å². The Balaban J connectivity index is 1.71. The highest BCUT2D eigenvalue weighted by Crippen LogP contribution is 2.33. The van der Waals surface area contributed by atoms with Crippen LogP contribution in [0.2, 0.25) is 0 Å². The molecule has 0 aliphatic heterocycles. The molecule has 2 N–H and O–H groups in total. The molecule has 21 heavy (non-hydrogen) atoms. The van der Waals surface area contributed by atoms with Gasteiger partial charge >= 0.3 is 0 Å². The highest BCUT2D eigenvalue weighted by atomic mass is 16.5. The number of benzene rings is 2. The van der Waals surface area contributed by atoms with E-state index < -0.39 is 0 Å². The number of fused-ring (bicyclic) bond motifs is 1. The number of ether oxygens (including phenoxy) is 2. The normalized spacial score (nSPS) is 17.1. The minimum absolute atomic E-state index is 0.455. The maximum Gasteiger partial charge on any atom is 0.142 e. The summed E-state index contributed by atoms with van der Waals surface area (Å²) in [5.41, 5.74) is 9.51. The Morgan fingerprint density at radius 3 is 2.86 bits per heavy atom. The summed E-state index contributed by atoms with van der Waals surface area (Å²) in [5, 5.41) is 0. The molecule has 2 aromatic carbocycles. The number of methoxy groups -OCH3 is 1. The maximum atomic E-state index is 6.00. The predicted octanol–water partition coefficient (Wildman–Crippen LogP) is 3.78. The van der Waals surface area contributed by atoms with Crippen LogP contribution in [0.1, 0.15) is 29.9 Å². The zero-order valence-electron chi connectivity index (χ0n) is 12.3. The highest BCUT2D eigenvalue weighted by molar-refractivity contribution is 5.56. The maximum absolute atomic E-state index is 6.00. The molecule has 1 atom stereocenters. The van der Waals surface area contributed by atoms with Crippen LogP contribution in [0.15, 0.2) is 42.5 Å². The van der Waals surface area contributed by atoms with Crippen LogP contribution in [0.3, 0.4) is 0 Å². The number of nitrogens with two attached hydrogens (primary N) is 1. The summed E-state index contributed by atoms with van der Waals surface area (Å²) < 4.78 is 11.1. The molecule has 0 heterocycles. The molecule has 3 heteroatoms. The Morgan fingerprint density at radius 2 is 2.05 bits per heavy atom. The lowest BCUT2D eigenvalue weighted by molar-refractivity contribution is 0.275. The van der Waals surface area contributed by atoms with Crippen molar-refractivity contribution in [2.24, 2.45) is 0 Å². The van der Waals surface area contributed by atoms with Crippen molar-refractivity contribution in [1.29, 1.82) is 0 Å². The van der Waals surface area contributed by atoms with Gasteiger partial charge in [-0.15, -0.1) is 0 Å². The summed E-state index contributed by atoms with van der Waals surface area (Å²) in [7, 11) is 1.63. The molecule has 3 nitrogen and oxygen atoms in total. The third-order valence-electron chi connectivity index (χ3n) is 4.15. The van der Waals surface area contributed by atoms with Gasteiger partial charge in [0.1, 0.15) is 11.5 Å². The zero-order valence-corrected chi connectivity index (χ0v) is 12.3. The van der Waals surface area contributed by atoms with Gasteiger partial charge in [0.15, 0.2) is 0 Å². The molecule has 0 aromatic heterocycles. The second kappa shape index (κ2) is 6.08. The van der Waals surface area contributed by atoms with Crippen LogP contribution in [-0.4, -0.2) is 13.7 Å². The quantitative estimate of drug-likeness (QED) is 0.869. The fourth-order valence-corrected chi connectivity index (χ4v) is 3.00. The summed E-state index contributed by atoms with van der Waals surface area (Å²) >= 11 is 0. The van der Waals surface area contributed by atoms with E-state index in [1.54, 1.807) is 13.2 Å². The van der Waals surface area contributed by atoms with Crippen LogP contribution in [-0.2, 0) is 6.42 Å². The number of nitrogen functional groups attached to an aromatic ring is 1. The minimum atomic E-state index is 0.455. The van der Waals surface area contributed by atoms with Crippen molar-refractivity contribution >= 4 is 5.69 Å². The first kappa shape index (κ1) is 13.8. The van der Waals surface area contributed by atoms with Crippen molar-refractivity contribution in [1.82, 2.24) is 0 Å². The molecule has 1 unspecified atom stereocenters. The first-order valence-electron chi connectivity index (χ1n) is 7.42. The van der Waals surface area contributed by atoms with Crippen LogP contribution in [0.5, 0.6) is 11.5 Å². The summed E-state index contributed by atoms with van der Waals surface area (Å²) in [6, 6.07) is 14.2. The smallest absolute Gasteiger partial charge is 0.142 e. The first-order chi connectivity index (χ1) is 10.3. The third kappa shape index (κ3) is 2.97. The molecule has 0 saturated carbocycles. The molecule has 0 amide bonds. The van der Waals surface area contributed by atoms with Gasteiger partial charge in [-0.2, -0.15) is 0 Å². The van der Waals surface area contributed by atoms with Gasteiger partial charge in [0.05, 0.1) is 19.4 Å². The fraction of sp³-hybridized carbons (Fsp3) is 0.333. The van der Waals surface area contributed by atoms with Crippen LogP contribution >= 0.6 is 0 Å². The number of rotatable bonds is 4. The third-order valence-corrected chi connectivity index (χ3v) is 4.15. The van der Waals surface area contributed by atoms with Crippen LogP contribution in [0.4, 0.5) is 5.69 Å². The summed E-state index contributed by atoms with van der Waals surface area (Å²) in [4.78, 5) is 0. The SMILES string of the molecule is COc1ccc(OCC2CCCc3ccccc32)c(N)c1. The Morgan fingerprint density at radius 1 is 1.19 bits per heavy atom. The van der Waals surface area contributed by atoms with E-state index in [1.165, 1.54) is 30.4 Å². The van der Waals surface area contributed by atoms with E-state index in [2.05, 4.69) is 24.3 Å². The Labute approximate surface area is 125 Å². The average Bonchev–Trinajstić information content (AvgIpc) is 2.53. The average molecular weight is 283 g/mol. The van der Waals surface area contributed by atoms with Gasteiger partial charge in [0, 0.05) is 12.0 Å². The second-order valence-corrected chi connectivity index (χ2v) is 5.50. The number of hydrogen-bond acceptors (Lipinski definition) is 3. The highest BCUT2D eigenvalue weighted by Gasteiger charge is 2.20. The van der Waals surface area contributed by atoms with Gasteiger partial charge in [0.2, 0.25) is 0 Å². The zero-order chi connectivity index (χ0) is 14.7. The van der Waals surface area contributed by atoms with E-state index in [-0.39, 0.29) is 0 Å². The van der Waals surface area contributed by atoms with E-state index in [1.807, 2.05) is 12.1 Å². The van der Waals surface area contributed by atoms with E-state index in [4.69, 9.17) is 15.2 Å². The lowest BCUT2D eigenvalue weighted by Gasteiger charge is -2.25. The summed E-state index contributed by atoms with van der Waals surface area (Å²) in [6.07, 6.45) is 3.58. The van der Waals surface area contributed by atoms with Crippen molar-refractivity contribution in [2.75, 3.05) is 19.5 Å². The van der Waals surface area contributed by atoms with Crippen LogP contribution < -0.4 is 15.2 Å². The Bertz CT molecular complexity index is 624. The molecule has 1 aliphatic carbocycles. The molecular weight excluding hydrogens is 262 g/mol. The topological polar surface area (TPSA) is 44.5 Å². The van der Waals surface area contributed by atoms with Gasteiger partial charge < -0.3 is 15.2 Å². The molecule has 110 valence electrons. The standard InChI is InChI=1S/C18H21NO2/c1-20-15-9-10-18(17(19)11-15)21-12-14-7-4-6-13-5-2-3-8-16(13)14/h2-3,5,8-11,14H,4,6-7,12,19H2,1H3. The van der Waals surface area contributed by atoms with E-state index >= 15 is 0 Å². The second-order valence-electron chi connectivity index (χ2n) is 5.50. The molecule has 0 spiro atoms. The minimum Gasteiger partial charge on any atom is -0.497 e. The lowest BCUT2D eigenvalue weighted by Crippen LogP contribution is -2.17. The van der Waals surface area contributed by atoms with E-state index in [0.717, 1.165) is 11.5 Å². The molecule has 0 bridgehead atoms. The molecule has 0 fully saturated rings. The van der Waals surface area contributed by atoms with Crippen LogP contribution in [0, 0.1) is 0 Å². The molecule has 0 saturated heterocycles. The molecule has 0 radical (unpaired) electrons. The summed E-state index contributed by atoms with van der Waals surface area (Å²) in [5.74, 6) is 1.94. The van der Waals surface area contributed by atoms with Crippen LogP contribution in [0.25, 0.3) is 0 Å². The van der Waals surface area contributed by atoms with Crippen molar-refractivity contribution in [3.05, 3.63) is 53.6 Å². The Kier molecular flexibility index (Phi) is 4.00. The number of aryl methyl sites for hydroxylation is 1. The summed E-state index contributed by atoms with van der Waals surface area (Å²) in [6.45, 7) is 0.674. The molecule has 2 aromatic rings. The van der Waals surface area contributed by atoms with Crippen molar-refractivity contribution < 1.29 is 9.47 Å². The number of anilines is 1. The Hall–Kier alpha value is -2.16.